The lowest BCUT2D eigenvalue weighted by Crippen LogP contribution is -2.51. The van der Waals surface area contributed by atoms with Gasteiger partial charge in [-0.2, -0.15) is 18.3 Å². The maximum atomic E-state index is 13.1. The summed E-state index contributed by atoms with van der Waals surface area (Å²) in [4.78, 5) is 14.6. The Bertz CT molecular complexity index is 877. The van der Waals surface area contributed by atoms with Crippen molar-refractivity contribution in [2.45, 2.75) is 31.7 Å². The lowest BCUT2D eigenvalue weighted by molar-refractivity contribution is -0.138. The van der Waals surface area contributed by atoms with E-state index >= 15 is 0 Å². The maximum absolute atomic E-state index is 13.1. The Morgan fingerprint density at radius 1 is 1.36 bits per heavy atom. The molecule has 1 aromatic carbocycles. The van der Waals surface area contributed by atoms with Crippen molar-refractivity contribution in [3.8, 4) is 5.88 Å². The van der Waals surface area contributed by atoms with Crippen LogP contribution in [0.15, 0.2) is 30.5 Å². The van der Waals surface area contributed by atoms with Crippen LogP contribution in [0.25, 0.3) is 0 Å². The quantitative estimate of drug-likeness (QED) is 0.796. The first kappa shape index (κ1) is 20.2. The van der Waals surface area contributed by atoms with E-state index in [0.29, 0.717) is 23.6 Å². The highest BCUT2D eigenvalue weighted by Crippen LogP contribution is 2.35. The van der Waals surface area contributed by atoms with Crippen molar-refractivity contribution in [2.24, 2.45) is 7.05 Å². The highest BCUT2D eigenvalue weighted by Gasteiger charge is 2.39. The van der Waals surface area contributed by atoms with Crippen LogP contribution in [0, 0.1) is 0 Å². The van der Waals surface area contributed by atoms with Crippen molar-refractivity contribution in [1.29, 1.82) is 0 Å². The number of halogens is 3. The summed E-state index contributed by atoms with van der Waals surface area (Å²) in [5.74, 6) is 0.0169. The number of methoxy groups -OCH3 is 1. The van der Waals surface area contributed by atoms with Gasteiger partial charge < -0.3 is 14.4 Å². The maximum Gasteiger partial charge on any atom is 0.416 e. The molecule has 9 heteroatoms. The molecule has 0 bridgehead atoms. The highest BCUT2D eigenvalue weighted by molar-refractivity contribution is 5.96. The Balaban J connectivity index is 1.91. The van der Waals surface area contributed by atoms with E-state index in [4.69, 9.17) is 9.47 Å². The van der Waals surface area contributed by atoms with Crippen molar-refractivity contribution in [3.63, 3.8) is 0 Å². The molecule has 1 aliphatic heterocycles. The number of nitrogens with zero attached hydrogens (tertiary/aromatic N) is 3. The average molecular weight is 397 g/mol. The first-order chi connectivity index (χ1) is 13.0. The van der Waals surface area contributed by atoms with Gasteiger partial charge in [0.25, 0.3) is 5.91 Å². The highest BCUT2D eigenvalue weighted by atomic mass is 19.4. The Kier molecular flexibility index (Phi) is 5.14. The molecular formula is C19H22F3N3O3. The summed E-state index contributed by atoms with van der Waals surface area (Å²) < 4.78 is 51.9. The summed E-state index contributed by atoms with van der Waals surface area (Å²) >= 11 is 0. The molecule has 0 N–H and O–H groups in total. The standard InChI is InChI=1S/C19H22F3N3O3/c1-18(2)11-25(16(26)14-9-23-24(3)17(14)27-4)10-15(28-18)12-6-5-7-13(8-12)19(20,21)22/h5-9,15H,10-11H2,1-4H3. The van der Waals surface area contributed by atoms with Gasteiger partial charge in [-0.3, -0.25) is 4.79 Å². The fourth-order valence-corrected chi connectivity index (χ4v) is 3.41. The number of rotatable bonds is 3. The Morgan fingerprint density at radius 3 is 2.71 bits per heavy atom. The van der Waals surface area contributed by atoms with Crippen molar-refractivity contribution in [2.75, 3.05) is 20.2 Å². The summed E-state index contributed by atoms with van der Waals surface area (Å²) in [6, 6.07) is 5.01. The van der Waals surface area contributed by atoms with Crippen LogP contribution in [0.5, 0.6) is 5.88 Å². The van der Waals surface area contributed by atoms with E-state index in [1.54, 1.807) is 31.9 Å². The number of aryl methyl sites for hydroxylation is 1. The number of carbonyl (C=O) groups is 1. The molecule has 1 fully saturated rings. The predicted octanol–water partition coefficient (Wildman–Crippen LogP) is 3.44. The molecule has 1 amide bonds. The topological polar surface area (TPSA) is 56.6 Å². The van der Waals surface area contributed by atoms with Crippen LogP contribution in [-0.4, -0.2) is 46.4 Å². The largest absolute Gasteiger partial charge is 0.481 e. The van der Waals surface area contributed by atoms with Crippen molar-refractivity contribution in [1.82, 2.24) is 14.7 Å². The van der Waals surface area contributed by atoms with Crippen LogP contribution in [0.4, 0.5) is 13.2 Å². The molecule has 0 spiro atoms. The van der Waals surface area contributed by atoms with Gasteiger partial charge in [0.1, 0.15) is 11.7 Å². The van der Waals surface area contributed by atoms with Crippen molar-refractivity contribution < 1.29 is 27.4 Å². The van der Waals surface area contributed by atoms with Gasteiger partial charge in [0.05, 0.1) is 31.0 Å². The number of aromatic nitrogens is 2. The molecule has 1 saturated heterocycles. The average Bonchev–Trinajstić information content (AvgIpc) is 2.99. The van der Waals surface area contributed by atoms with Crippen molar-refractivity contribution in [3.05, 3.63) is 47.2 Å². The van der Waals surface area contributed by atoms with Gasteiger partial charge in [-0.15, -0.1) is 0 Å². The van der Waals surface area contributed by atoms with E-state index in [0.717, 1.165) is 12.1 Å². The third kappa shape index (κ3) is 3.99. The van der Waals surface area contributed by atoms with Crippen LogP contribution < -0.4 is 4.74 Å². The number of benzene rings is 1. The third-order valence-corrected chi connectivity index (χ3v) is 4.60. The van der Waals surface area contributed by atoms with E-state index in [1.807, 2.05) is 0 Å². The van der Waals surface area contributed by atoms with Gasteiger partial charge in [-0.25, -0.2) is 4.68 Å². The van der Waals surface area contributed by atoms with E-state index in [2.05, 4.69) is 5.10 Å². The molecule has 152 valence electrons. The first-order valence-corrected chi connectivity index (χ1v) is 8.72. The molecule has 1 unspecified atom stereocenters. The van der Waals surface area contributed by atoms with Crippen LogP contribution in [0.2, 0.25) is 0 Å². The monoisotopic (exact) mass is 397 g/mol. The normalized spacial score (nSPS) is 19.5. The zero-order valence-corrected chi connectivity index (χ0v) is 16.1. The lowest BCUT2D eigenvalue weighted by Gasteiger charge is -2.43. The lowest BCUT2D eigenvalue weighted by atomic mass is 9.99. The van der Waals surface area contributed by atoms with Crippen LogP contribution in [0.1, 0.15) is 41.4 Å². The minimum Gasteiger partial charge on any atom is -0.481 e. The van der Waals surface area contributed by atoms with Gasteiger partial charge in [0.15, 0.2) is 0 Å². The third-order valence-electron chi connectivity index (χ3n) is 4.60. The summed E-state index contributed by atoms with van der Waals surface area (Å²) in [5.41, 5.74) is -0.810. The summed E-state index contributed by atoms with van der Waals surface area (Å²) in [6.07, 6.45) is -3.71. The summed E-state index contributed by atoms with van der Waals surface area (Å²) in [7, 11) is 3.10. The smallest absolute Gasteiger partial charge is 0.416 e. The number of hydrogen-bond acceptors (Lipinski definition) is 4. The number of amides is 1. The molecule has 1 aliphatic rings. The number of ether oxygens (including phenoxy) is 2. The summed E-state index contributed by atoms with van der Waals surface area (Å²) in [6.45, 7) is 4.02. The van der Waals surface area contributed by atoms with Gasteiger partial charge >= 0.3 is 6.18 Å². The number of alkyl halides is 3. The molecule has 28 heavy (non-hydrogen) atoms. The van der Waals surface area contributed by atoms with Gasteiger partial charge in [-0.05, 0) is 31.5 Å². The number of hydrogen-bond donors (Lipinski definition) is 0. The Morgan fingerprint density at radius 2 is 2.07 bits per heavy atom. The minimum absolute atomic E-state index is 0.127. The molecule has 2 aromatic rings. The first-order valence-electron chi connectivity index (χ1n) is 8.72. The molecule has 1 atom stereocenters. The van der Waals surface area contributed by atoms with Gasteiger partial charge in [0, 0.05) is 13.6 Å². The zero-order chi connectivity index (χ0) is 20.7. The Labute approximate surface area is 160 Å². The predicted molar refractivity (Wildman–Crippen MR) is 95.0 cm³/mol. The molecular weight excluding hydrogens is 375 g/mol. The second-order valence-corrected chi connectivity index (χ2v) is 7.37. The van der Waals surface area contributed by atoms with Crippen molar-refractivity contribution >= 4 is 5.91 Å². The molecule has 0 saturated carbocycles. The molecule has 1 aromatic heterocycles. The zero-order valence-electron chi connectivity index (χ0n) is 16.1. The second kappa shape index (κ2) is 7.12. The number of carbonyl (C=O) groups excluding carboxylic acids is 1. The fraction of sp³-hybridized carbons (Fsp3) is 0.474. The summed E-state index contributed by atoms with van der Waals surface area (Å²) in [5, 5.41) is 4.04. The van der Waals surface area contributed by atoms with E-state index in [1.165, 1.54) is 24.1 Å². The van der Waals surface area contributed by atoms with E-state index in [-0.39, 0.29) is 12.5 Å². The van der Waals surface area contributed by atoms with Gasteiger partial charge in [-0.1, -0.05) is 12.1 Å². The second-order valence-electron chi connectivity index (χ2n) is 7.37. The minimum atomic E-state index is -4.45. The van der Waals surface area contributed by atoms with Crippen LogP contribution in [-0.2, 0) is 18.0 Å². The Hall–Kier alpha value is -2.55. The molecule has 0 aliphatic carbocycles. The van der Waals surface area contributed by atoms with Crippen LogP contribution in [0.3, 0.4) is 0 Å². The fourth-order valence-electron chi connectivity index (χ4n) is 3.41. The molecule has 3 rings (SSSR count). The van der Waals surface area contributed by atoms with Gasteiger partial charge in [0.2, 0.25) is 5.88 Å². The molecule has 2 heterocycles. The van der Waals surface area contributed by atoms with E-state index < -0.39 is 23.4 Å². The van der Waals surface area contributed by atoms with E-state index in [9.17, 15) is 18.0 Å². The number of morpholine rings is 1. The molecule has 6 nitrogen and oxygen atoms in total. The molecule has 0 radical (unpaired) electrons. The SMILES string of the molecule is COc1c(C(=O)N2CC(c3cccc(C(F)(F)F)c3)OC(C)(C)C2)cnn1C. The van der Waals surface area contributed by atoms with Crippen LogP contribution >= 0.6 is 0 Å².